The van der Waals surface area contributed by atoms with Gasteiger partial charge in [0, 0.05) is 23.4 Å². The Labute approximate surface area is 98.0 Å². The molecule has 16 heavy (non-hydrogen) atoms. The van der Waals surface area contributed by atoms with E-state index < -0.39 is 0 Å². The van der Waals surface area contributed by atoms with Gasteiger partial charge >= 0.3 is 0 Å². The average Bonchev–Trinajstić information content (AvgIpc) is 2.84. The van der Waals surface area contributed by atoms with Crippen molar-refractivity contribution in [2.75, 3.05) is 5.88 Å². The van der Waals surface area contributed by atoms with Crippen LogP contribution in [-0.2, 0) is 0 Å². The van der Waals surface area contributed by atoms with Crippen LogP contribution in [0.1, 0.15) is 12.0 Å². The number of tetrazole rings is 1. The molecule has 0 radical (unpaired) electrons. The zero-order valence-electron chi connectivity index (χ0n) is 8.44. The van der Waals surface area contributed by atoms with Crippen molar-refractivity contribution in [1.82, 2.24) is 20.6 Å². The molecule has 5 heteroatoms. The van der Waals surface area contributed by atoms with E-state index in [2.05, 4.69) is 32.5 Å². The second kappa shape index (κ2) is 5.29. The molecular formula is C11H9ClN4. The first-order valence-corrected chi connectivity index (χ1v) is 5.32. The molecule has 0 atom stereocenters. The van der Waals surface area contributed by atoms with Crippen LogP contribution in [0.5, 0.6) is 0 Å². The summed E-state index contributed by atoms with van der Waals surface area (Å²) in [6.07, 6.45) is 0.703. The van der Waals surface area contributed by atoms with Crippen molar-refractivity contribution in [3.05, 3.63) is 29.8 Å². The molecule has 0 amide bonds. The third-order valence-electron chi connectivity index (χ3n) is 1.94. The number of aromatic amines is 1. The fraction of sp³-hybridized carbons (Fsp3) is 0.182. The molecule has 1 heterocycles. The third kappa shape index (κ3) is 2.59. The fourth-order valence-corrected chi connectivity index (χ4v) is 1.29. The van der Waals surface area contributed by atoms with Gasteiger partial charge in [0.15, 0.2) is 0 Å². The number of hydrogen-bond acceptors (Lipinski definition) is 3. The number of hydrogen-bond donors (Lipinski definition) is 1. The number of benzene rings is 1. The Hall–Kier alpha value is -1.86. The van der Waals surface area contributed by atoms with Gasteiger partial charge in [-0.1, -0.05) is 11.8 Å². The van der Waals surface area contributed by atoms with Crippen molar-refractivity contribution in [1.29, 1.82) is 0 Å². The first-order valence-electron chi connectivity index (χ1n) is 4.79. The maximum absolute atomic E-state index is 5.53. The summed E-state index contributed by atoms with van der Waals surface area (Å²) in [5.41, 5.74) is 1.87. The Morgan fingerprint density at radius 3 is 2.69 bits per heavy atom. The molecule has 0 fully saturated rings. The van der Waals surface area contributed by atoms with E-state index in [9.17, 15) is 0 Å². The van der Waals surface area contributed by atoms with Gasteiger partial charge in [0.2, 0.25) is 5.82 Å². The van der Waals surface area contributed by atoms with Gasteiger partial charge in [-0.15, -0.1) is 21.8 Å². The van der Waals surface area contributed by atoms with E-state index in [0.29, 0.717) is 18.1 Å². The van der Waals surface area contributed by atoms with Gasteiger partial charge in [0.25, 0.3) is 0 Å². The lowest BCUT2D eigenvalue weighted by Gasteiger charge is -1.94. The topological polar surface area (TPSA) is 54.5 Å². The summed E-state index contributed by atoms with van der Waals surface area (Å²) in [6.45, 7) is 0. The van der Waals surface area contributed by atoms with Crippen LogP contribution >= 0.6 is 11.6 Å². The van der Waals surface area contributed by atoms with Crippen LogP contribution in [0.15, 0.2) is 24.3 Å². The van der Waals surface area contributed by atoms with E-state index in [4.69, 9.17) is 11.6 Å². The lowest BCUT2D eigenvalue weighted by molar-refractivity contribution is 0.881. The number of nitrogens with zero attached hydrogens (tertiary/aromatic N) is 3. The predicted octanol–water partition coefficient (Wildman–Crippen LogP) is 1.85. The molecule has 4 nitrogen and oxygen atoms in total. The van der Waals surface area contributed by atoms with Crippen LogP contribution in [0.3, 0.4) is 0 Å². The van der Waals surface area contributed by atoms with Crippen molar-refractivity contribution in [2.45, 2.75) is 6.42 Å². The van der Waals surface area contributed by atoms with E-state index in [1.54, 1.807) is 0 Å². The van der Waals surface area contributed by atoms with E-state index in [-0.39, 0.29) is 0 Å². The van der Waals surface area contributed by atoms with Crippen LogP contribution in [-0.4, -0.2) is 26.5 Å². The van der Waals surface area contributed by atoms with Crippen LogP contribution < -0.4 is 0 Å². The minimum atomic E-state index is 0.563. The smallest absolute Gasteiger partial charge is 0.177 e. The molecule has 1 aromatic carbocycles. The molecule has 0 saturated carbocycles. The van der Waals surface area contributed by atoms with Crippen LogP contribution in [0.25, 0.3) is 11.4 Å². The molecule has 2 aromatic rings. The second-order valence-corrected chi connectivity index (χ2v) is 3.43. The quantitative estimate of drug-likeness (QED) is 0.635. The van der Waals surface area contributed by atoms with E-state index in [0.717, 1.165) is 11.1 Å². The summed E-state index contributed by atoms with van der Waals surface area (Å²) < 4.78 is 0. The Bertz CT molecular complexity index is 493. The second-order valence-electron chi connectivity index (χ2n) is 3.05. The molecule has 0 aliphatic rings. The number of H-pyrrole nitrogens is 1. The summed E-state index contributed by atoms with van der Waals surface area (Å²) >= 11 is 5.53. The number of alkyl halides is 1. The minimum Gasteiger partial charge on any atom is -0.177 e. The van der Waals surface area contributed by atoms with Crippen LogP contribution in [0.4, 0.5) is 0 Å². The SMILES string of the molecule is ClCCC#Cc1ccc(-c2nn[nH]n2)cc1. The number of halogens is 1. The summed E-state index contributed by atoms with van der Waals surface area (Å²) in [4.78, 5) is 0. The lowest BCUT2D eigenvalue weighted by atomic mass is 10.1. The highest BCUT2D eigenvalue weighted by Gasteiger charge is 2.00. The fourth-order valence-electron chi connectivity index (χ4n) is 1.20. The molecule has 80 valence electrons. The lowest BCUT2D eigenvalue weighted by Crippen LogP contribution is -1.81. The van der Waals surface area contributed by atoms with Gasteiger partial charge in [0.1, 0.15) is 0 Å². The molecule has 0 bridgehead atoms. The normalized spacial score (nSPS) is 9.56. The molecule has 0 spiro atoms. The van der Waals surface area contributed by atoms with Crippen molar-refractivity contribution in [3.8, 4) is 23.2 Å². The highest BCUT2D eigenvalue weighted by Crippen LogP contribution is 2.13. The first kappa shape index (κ1) is 10.7. The molecule has 0 unspecified atom stereocenters. The van der Waals surface area contributed by atoms with Gasteiger partial charge in [-0.25, -0.2) is 0 Å². The third-order valence-corrected chi connectivity index (χ3v) is 2.13. The average molecular weight is 233 g/mol. The summed E-state index contributed by atoms with van der Waals surface area (Å²) in [5, 5.41) is 13.7. The predicted molar refractivity (Wildman–Crippen MR) is 61.8 cm³/mol. The number of aromatic nitrogens is 4. The van der Waals surface area contributed by atoms with Gasteiger partial charge in [0.05, 0.1) is 0 Å². The van der Waals surface area contributed by atoms with Crippen molar-refractivity contribution >= 4 is 11.6 Å². The number of rotatable bonds is 2. The summed E-state index contributed by atoms with van der Waals surface area (Å²) in [5.74, 6) is 7.14. The van der Waals surface area contributed by atoms with Crippen molar-refractivity contribution in [2.24, 2.45) is 0 Å². The maximum atomic E-state index is 5.53. The first-order chi connectivity index (χ1) is 7.90. The van der Waals surface area contributed by atoms with Gasteiger partial charge in [-0.3, -0.25) is 0 Å². The number of nitrogens with one attached hydrogen (secondary N) is 1. The Morgan fingerprint density at radius 1 is 1.25 bits per heavy atom. The molecule has 0 aliphatic heterocycles. The largest absolute Gasteiger partial charge is 0.204 e. The molecule has 1 N–H and O–H groups in total. The Morgan fingerprint density at radius 2 is 2.06 bits per heavy atom. The molecular weight excluding hydrogens is 224 g/mol. The summed E-state index contributed by atoms with van der Waals surface area (Å²) in [7, 11) is 0. The highest BCUT2D eigenvalue weighted by atomic mass is 35.5. The highest BCUT2D eigenvalue weighted by molar-refractivity contribution is 6.18. The molecule has 0 aliphatic carbocycles. The standard InChI is InChI=1S/C11H9ClN4/c12-8-2-1-3-9-4-6-10(7-5-9)11-13-15-16-14-11/h4-7H,2,8H2,(H,13,14,15,16). The van der Waals surface area contributed by atoms with E-state index in [1.807, 2.05) is 24.3 Å². The molecule has 0 saturated heterocycles. The van der Waals surface area contributed by atoms with Gasteiger partial charge in [-0.05, 0) is 29.5 Å². The Kier molecular flexibility index (Phi) is 3.52. The minimum absolute atomic E-state index is 0.563. The van der Waals surface area contributed by atoms with Gasteiger partial charge in [-0.2, -0.15) is 5.21 Å². The van der Waals surface area contributed by atoms with Crippen molar-refractivity contribution in [3.63, 3.8) is 0 Å². The zero-order chi connectivity index (χ0) is 11.2. The maximum Gasteiger partial charge on any atom is 0.204 e. The van der Waals surface area contributed by atoms with Crippen LogP contribution in [0, 0.1) is 11.8 Å². The van der Waals surface area contributed by atoms with Crippen molar-refractivity contribution < 1.29 is 0 Å². The van der Waals surface area contributed by atoms with Gasteiger partial charge < -0.3 is 0 Å². The monoisotopic (exact) mass is 232 g/mol. The molecule has 2 rings (SSSR count). The van der Waals surface area contributed by atoms with E-state index >= 15 is 0 Å². The Balaban J connectivity index is 2.15. The summed E-state index contributed by atoms with van der Waals surface area (Å²) in [6, 6.07) is 7.67. The van der Waals surface area contributed by atoms with E-state index in [1.165, 1.54) is 0 Å². The zero-order valence-corrected chi connectivity index (χ0v) is 9.20. The molecule has 1 aromatic heterocycles. The van der Waals surface area contributed by atoms with Crippen LogP contribution in [0.2, 0.25) is 0 Å².